The van der Waals surface area contributed by atoms with E-state index in [4.69, 9.17) is 11.1 Å². The number of hydrogen-bond acceptors (Lipinski definition) is 2. The van der Waals surface area contributed by atoms with Gasteiger partial charge in [-0.2, -0.15) is 0 Å². The van der Waals surface area contributed by atoms with Gasteiger partial charge in [0, 0.05) is 24.7 Å². The molecule has 0 saturated heterocycles. The first-order chi connectivity index (χ1) is 8.56. The summed E-state index contributed by atoms with van der Waals surface area (Å²) in [5.74, 6) is 0.847. The van der Waals surface area contributed by atoms with E-state index in [0.717, 1.165) is 24.7 Å². The minimum Gasteiger partial charge on any atom is -0.384 e. The van der Waals surface area contributed by atoms with Crippen molar-refractivity contribution >= 4 is 5.84 Å². The summed E-state index contributed by atoms with van der Waals surface area (Å²) < 4.78 is 0. The Hall–Kier alpha value is -1.35. The van der Waals surface area contributed by atoms with Gasteiger partial charge in [0.2, 0.25) is 0 Å². The van der Waals surface area contributed by atoms with Crippen molar-refractivity contribution in [1.82, 2.24) is 4.90 Å². The van der Waals surface area contributed by atoms with Crippen molar-refractivity contribution in [3.8, 4) is 0 Å². The molecule has 0 amide bonds. The molecule has 1 saturated carbocycles. The van der Waals surface area contributed by atoms with E-state index in [1.54, 1.807) is 0 Å². The van der Waals surface area contributed by atoms with E-state index in [1.807, 2.05) is 18.2 Å². The molecule has 1 aliphatic rings. The second-order valence-corrected chi connectivity index (χ2v) is 5.67. The molecular weight excluding hydrogens is 222 g/mol. The summed E-state index contributed by atoms with van der Waals surface area (Å²) in [5.41, 5.74) is 7.62. The first-order valence-electron chi connectivity index (χ1n) is 6.73. The van der Waals surface area contributed by atoms with Gasteiger partial charge in [0.05, 0.1) is 0 Å². The Morgan fingerprint density at radius 2 is 2.17 bits per heavy atom. The molecule has 1 fully saturated rings. The molecule has 1 aliphatic carbocycles. The summed E-state index contributed by atoms with van der Waals surface area (Å²) in [6, 6.07) is 8.83. The van der Waals surface area contributed by atoms with Crippen LogP contribution in [-0.4, -0.2) is 23.3 Å². The van der Waals surface area contributed by atoms with Crippen molar-refractivity contribution in [3.63, 3.8) is 0 Å². The molecule has 3 nitrogen and oxygen atoms in total. The molecule has 0 heterocycles. The van der Waals surface area contributed by atoms with Crippen LogP contribution < -0.4 is 5.73 Å². The predicted molar refractivity (Wildman–Crippen MR) is 75.7 cm³/mol. The Morgan fingerprint density at radius 1 is 1.44 bits per heavy atom. The molecule has 0 aliphatic heterocycles. The smallest absolute Gasteiger partial charge is 0.122 e. The summed E-state index contributed by atoms with van der Waals surface area (Å²) in [4.78, 5) is 2.56. The van der Waals surface area contributed by atoms with E-state index in [2.05, 4.69) is 24.8 Å². The van der Waals surface area contributed by atoms with Crippen LogP contribution in [0.2, 0.25) is 0 Å². The molecule has 3 N–H and O–H groups in total. The standard InChI is InChI=1S/C15H23N3/c1-11(2)9-18(14-6-7-14)10-12-4-3-5-13(8-12)15(16)17/h3-5,8,11,14H,6-7,9-10H2,1-2H3,(H3,16,17). The number of nitrogens with zero attached hydrogens (tertiary/aromatic N) is 1. The van der Waals surface area contributed by atoms with Gasteiger partial charge in [0.1, 0.15) is 5.84 Å². The molecule has 1 aromatic rings. The Kier molecular flexibility index (Phi) is 4.02. The fraction of sp³-hybridized carbons (Fsp3) is 0.533. The molecule has 0 bridgehead atoms. The zero-order chi connectivity index (χ0) is 13.1. The van der Waals surface area contributed by atoms with E-state index in [1.165, 1.54) is 18.4 Å². The molecule has 1 aromatic carbocycles. The van der Waals surface area contributed by atoms with Crippen LogP contribution in [0.15, 0.2) is 24.3 Å². The molecule has 0 spiro atoms. The number of benzene rings is 1. The molecule has 0 unspecified atom stereocenters. The minimum atomic E-state index is 0.152. The summed E-state index contributed by atoms with van der Waals surface area (Å²) in [6.45, 7) is 6.65. The lowest BCUT2D eigenvalue weighted by atomic mass is 10.1. The van der Waals surface area contributed by atoms with Crippen LogP contribution in [0.4, 0.5) is 0 Å². The second kappa shape index (κ2) is 5.53. The molecule has 3 heteroatoms. The van der Waals surface area contributed by atoms with Gasteiger partial charge < -0.3 is 5.73 Å². The SMILES string of the molecule is CC(C)CN(Cc1cccc(C(=N)N)c1)C1CC1. The highest BCUT2D eigenvalue weighted by Crippen LogP contribution is 2.29. The van der Waals surface area contributed by atoms with Crippen molar-refractivity contribution < 1.29 is 0 Å². The van der Waals surface area contributed by atoms with Crippen LogP contribution in [0.3, 0.4) is 0 Å². The largest absolute Gasteiger partial charge is 0.384 e. The number of hydrogen-bond donors (Lipinski definition) is 2. The minimum absolute atomic E-state index is 0.152. The Labute approximate surface area is 109 Å². The van der Waals surface area contributed by atoms with Crippen LogP contribution >= 0.6 is 0 Å². The Balaban J connectivity index is 2.06. The highest BCUT2D eigenvalue weighted by Gasteiger charge is 2.29. The predicted octanol–water partition coefficient (Wildman–Crippen LogP) is 2.59. The van der Waals surface area contributed by atoms with Crippen molar-refractivity contribution in [2.45, 2.75) is 39.3 Å². The van der Waals surface area contributed by atoms with Crippen molar-refractivity contribution in [2.24, 2.45) is 11.7 Å². The second-order valence-electron chi connectivity index (χ2n) is 5.67. The summed E-state index contributed by atoms with van der Waals surface area (Å²) >= 11 is 0. The number of nitrogens with one attached hydrogen (secondary N) is 1. The fourth-order valence-electron chi connectivity index (χ4n) is 2.32. The third-order valence-electron chi connectivity index (χ3n) is 3.29. The third-order valence-corrected chi connectivity index (χ3v) is 3.29. The normalized spacial score (nSPS) is 15.3. The topological polar surface area (TPSA) is 53.1 Å². The van der Waals surface area contributed by atoms with Crippen molar-refractivity contribution in [2.75, 3.05) is 6.54 Å². The van der Waals surface area contributed by atoms with Gasteiger partial charge in [-0.25, -0.2) is 0 Å². The average Bonchev–Trinajstić information content (AvgIpc) is 3.11. The summed E-state index contributed by atoms with van der Waals surface area (Å²) in [5, 5.41) is 7.49. The maximum absolute atomic E-state index is 7.49. The highest BCUT2D eigenvalue weighted by molar-refractivity contribution is 5.95. The number of amidine groups is 1. The summed E-state index contributed by atoms with van der Waals surface area (Å²) in [6.07, 6.45) is 2.66. The zero-order valence-corrected chi connectivity index (χ0v) is 11.3. The highest BCUT2D eigenvalue weighted by atomic mass is 15.2. The van der Waals surface area contributed by atoms with Gasteiger partial charge in [-0.3, -0.25) is 10.3 Å². The molecule has 0 radical (unpaired) electrons. The van der Waals surface area contributed by atoms with Gasteiger partial charge in [0.25, 0.3) is 0 Å². The number of nitrogens with two attached hydrogens (primary N) is 1. The number of nitrogen functional groups attached to an aromatic ring is 1. The molecule has 0 aromatic heterocycles. The lowest BCUT2D eigenvalue weighted by molar-refractivity contribution is 0.226. The Morgan fingerprint density at radius 3 is 2.72 bits per heavy atom. The lowest BCUT2D eigenvalue weighted by Crippen LogP contribution is -2.29. The third kappa shape index (κ3) is 3.57. The quantitative estimate of drug-likeness (QED) is 0.598. The average molecular weight is 245 g/mol. The van der Waals surface area contributed by atoms with Gasteiger partial charge in [0.15, 0.2) is 0 Å². The maximum Gasteiger partial charge on any atom is 0.122 e. The molecule has 0 atom stereocenters. The van der Waals surface area contributed by atoms with E-state index < -0.39 is 0 Å². The van der Waals surface area contributed by atoms with Crippen LogP contribution in [0, 0.1) is 11.3 Å². The first kappa shape index (κ1) is 13.1. The number of rotatable bonds is 6. The van der Waals surface area contributed by atoms with Crippen LogP contribution in [0.1, 0.15) is 37.8 Å². The van der Waals surface area contributed by atoms with Crippen LogP contribution in [0.25, 0.3) is 0 Å². The molecular formula is C15H23N3. The van der Waals surface area contributed by atoms with Gasteiger partial charge in [-0.1, -0.05) is 32.0 Å². The zero-order valence-electron chi connectivity index (χ0n) is 11.3. The molecule has 2 rings (SSSR count). The van der Waals surface area contributed by atoms with Crippen molar-refractivity contribution in [1.29, 1.82) is 5.41 Å². The van der Waals surface area contributed by atoms with Gasteiger partial charge in [-0.15, -0.1) is 0 Å². The first-order valence-corrected chi connectivity index (χ1v) is 6.73. The van der Waals surface area contributed by atoms with E-state index in [-0.39, 0.29) is 5.84 Å². The van der Waals surface area contributed by atoms with Gasteiger partial charge in [-0.05, 0) is 30.4 Å². The summed E-state index contributed by atoms with van der Waals surface area (Å²) in [7, 11) is 0. The fourth-order valence-corrected chi connectivity index (χ4v) is 2.32. The monoisotopic (exact) mass is 245 g/mol. The molecule has 18 heavy (non-hydrogen) atoms. The Bertz CT molecular complexity index is 422. The van der Waals surface area contributed by atoms with E-state index in [9.17, 15) is 0 Å². The van der Waals surface area contributed by atoms with Gasteiger partial charge >= 0.3 is 0 Å². The van der Waals surface area contributed by atoms with Crippen molar-refractivity contribution in [3.05, 3.63) is 35.4 Å². The van der Waals surface area contributed by atoms with Crippen LogP contribution in [-0.2, 0) is 6.54 Å². The maximum atomic E-state index is 7.49. The lowest BCUT2D eigenvalue weighted by Gasteiger charge is -2.24. The van der Waals surface area contributed by atoms with Crippen LogP contribution in [0.5, 0.6) is 0 Å². The van der Waals surface area contributed by atoms with E-state index in [0.29, 0.717) is 5.92 Å². The van der Waals surface area contributed by atoms with E-state index >= 15 is 0 Å². The molecule has 98 valence electrons.